The monoisotopic (exact) mass is 208 g/mol. The normalized spacial score (nSPS) is 40.3. The molecular formula is C12H20OSi. The van der Waals surface area contributed by atoms with Crippen molar-refractivity contribution in [3.8, 4) is 0 Å². The molecule has 1 heterocycles. The summed E-state index contributed by atoms with van der Waals surface area (Å²) in [6, 6.07) is 1.17. The van der Waals surface area contributed by atoms with Crippen LogP contribution < -0.4 is 0 Å². The van der Waals surface area contributed by atoms with Crippen molar-refractivity contribution in [1.29, 1.82) is 0 Å². The van der Waals surface area contributed by atoms with E-state index < -0.39 is 8.32 Å². The Bertz CT molecular complexity index is 257. The summed E-state index contributed by atoms with van der Waals surface area (Å²) in [7, 11) is -1.42. The smallest absolute Gasteiger partial charge is 0.190 e. The van der Waals surface area contributed by atoms with Crippen LogP contribution in [-0.2, 0) is 4.43 Å². The van der Waals surface area contributed by atoms with E-state index in [0.29, 0.717) is 17.9 Å². The molecule has 1 saturated carbocycles. The molecule has 0 aromatic carbocycles. The fourth-order valence-electron chi connectivity index (χ4n) is 2.61. The Morgan fingerprint density at radius 2 is 2.21 bits per heavy atom. The molecule has 0 radical (unpaired) electrons. The van der Waals surface area contributed by atoms with E-state index in [2.05, 4.69) is 37.9 Å². The minimum absolute atomic E-state index is 0.438. The molecule has 0 bridgehead atoms. The van der Waals surface area contributed by atoms with Gasteiger partial charge in [0.05, 0.1) is 6.10 Å². The first kappa shape index (κ1) is 10.2. The number of fused-ring (bicyclic) bond motifs is 1. The van der Waals surface area contributed by atoms with E-state index in [9.17, 15) is 0 Å². The van der Waals surface area contributed by atoms with E-state index in [4.69, 9.17) is 4.43 Å². The largest absolute Gasteiger partial charge is 0.413 e. The third-order valence-corrected chi connectivity index (χ3v) is 5.56. The Morgan fingerprint density at radius 1 is 1.43 bits per heavy atom. The highest BCUT2D eigenvalue weighted by Gasteiger charge is 2.39. The van der Waals surface area contributed by atoms with E-state index in [-0.39, 0.29) is 0 Å². The Kier molecular flexibility index (Phi) is 2.67. The van der Waals surface area contributed by atoms with Crippen LogP contribution in [0.4, 0.5) is 0 Å². The molecule has 1 aliphatic carbocycles. The highest BCUT2D eigenvalue weighted by molar-refractivity contribution is 6.71. The van der Waals surface area contributed by atoms with Gasteiger partial charge in [-0.1, -0.05) is 18.2 Å². The molecular weight excluding hydrogens is 188 g/mol. The van der Waals surface area contributed by atoms with Crippen molar-refractivity contribution in [2.45, 2.75) is 38.1 Å². The van der Waals surface area contributed by atoms with Crippen molar-refractivity contribution in [3.63, 3.8) is 0 Å². The van der Waals surface area contributed by atoms with Crippen LogP contribution in [0.25, 0.3) is 0 Å². The Morgan fingerprint density at radius 3 is 2.93 bits per heavy atom. The highest BCUT2D eigenvalue weighted by atomic mass is 28.4. The third-order valence-electron chi connectivity index (χ3n) is 3.43. The molecule has 0 spiro atoms. The van der Waals surface area contributed by atoms with Crippen LogP contribution in [-0.4, -0.2) is 14.4 Å². The zero-order valence-electron chi connectivity index (χ0n) is 9.20. The molecule has 0 unspecified atom stereocenters. The molecule has 1 aliphatic heterocycles. The SMILES string of the molecule is C=C[C@H]1CC[C@H]2C=CC[Si](C)(C)O[C@H]21. The average molecular weight is 208 g/mol. The third kappa shape index (κ3) is 1.86. The molecule has 0 amide bonds. The van der Waals surface area contributed by atoms with Gasteiger partial charge in [0.25, 0.3) is 0 Å². The summed E-state index contributed by atoms with van der Waals surface area (Å²) in [5.74, 6) is 1.25. The molecule has 0 saturated heterocycles. The summed E-state index contributed by atoms with van der Waals surface area (Å²) >= 11 is 0. The summed E-state index contributed by atoms with van der Waals surface area (Å²) in [6.07, 6.45) is 9.80. The molecule has 78 valence electrons. The predicted molar refractivity (Wildman–Crippen MR) is 62.7 cm³/mol. The number of rotatable bonds is 1. The lowest BCUT2D eigenvalue weighted by molar-refractivity contribution is 0.146. The number of hydrogen-bond donors (Lipinski definition) is 0. The molecule has 2 heteroatoms. The van der Waals surface area contributed by atoms with E-state index in [0.717, 1.165) is 0 Å². The quantitative estimate of drug-likeness (QED) is 0.474. The number of hydrogen-bond acceptors (Lipinski definition) is 1. The second kappa shape index (κ2) is 3.67. The van der Waals surface area contributed by atoms with Crippen LogP contribution in [0.15, 0.2) is 24.8 Å². The molecule has 3 atom stereocenters. The fourth-order valence-corrected chi connectivity index (χ4v) is 4.49. The summed E-state index contributed by atoms with van der Waals surface area (Å²) in [6.45, 7) is 8.56. The predicted octanol–water partition coefficient (Wildman–Crippen LogP) is 3.36. The van der Waals surface area contributed by atoms with Gasteiger partial charge in [0.1, 0.15) is 0 Å². The van der Waals surface area contributed by atoms with Crippen molar-refractivity contribution in [2.24, 2.45) is 11.8 Å². The molecule has 0 aromatic heterocycles. The standard InChI is InChI=1S/C12H20OSi/c1-4-10-7-8-11-6-5-9-14(2,3)13-12(10)11/h4-6,10-12H,1,7-9H2,2-3H3/t10-,11+,12-/m0/s1. The molecule has 2 rings (SSSR count). The molecule has 14 heavy (non-hydrogen) atoms. The van der Waals surface area contributed by atoms with Gasteiger partial charge in [-0.05, 0) is 32.0 Å². The fraction of sp³-hybridized carbons (Fsp3) is 0.667. The van der Waals surface area contributed by atoms with Crippen LogP contribution in [0.1, 0.15) is 12.8 Å². The first-order chi connectivity index (χ1) is 6.62. The van der Waals surface area contributed by atoms with Gasteiger partial charge in [-0.2, -0.15) is 0 Å². The van der Waals surface area contributed by atoms with Crippen molar-refractivity contribution < 1.29 is 4.43 Å². The summed E-state index contributed by atoms with van der Waals surface area (Å²) in [5, 5.41) is 0. The van der Waals surface area contributed by atoms with Gasteiger partial charge < -0.3 is 4.43 Å². The topological polar surface area (TPSA) is 9.23 Å². The molecule has 1 nitrogen and oxygen atoms in total. The van der Waals surface area contributed by atoms with Gasteiger partial charge in [-0.15, -0.1) is 6.58 Å². The van der Waals surface area contributed by atoms with Gasteiger partial charge >= 0.3 is 0 Å². The molecule has 1 fully saturated rings. The van der Waals surface area contributed by atoms with Crippen molar-refractivity contribution in [1.82, 2.24) is 0 Å². The second-order valence-electron chi connectivity index (χ2n) is 5.12. The van der Waals surface area contributed by atoms with Gasteiger partial charge in [0.2, 0.25) is 0 Å². The maximum atomic E-state index is 6.33. The lowest BCUT2D eigenvalue weighted by atomic mass is 10.0. The summed E-state index contributed by atoms with van der Waals surface area (Å²) in [4.78, 5) is 0. The summed E-state index contributed by atoms with van der Waals surface area (Å²) in [5.41, 5.74) is 0. The van der Waals surface area contributed by atoms with Crippen LogP contribution >= 0.6 is 0 Å². The minimum atomic E-state index is -1.42. The van der Waals surface area contributed by atoms with E-state index in [1.54, 1.807) is 0 Å². The maximum Gasteiger partial charge on any atom is 0.190 e. The van der Waals surface area contributed by atoms with Gasteiger partial charge in [-0.25, -0.2) is 0 Å². The zero-order valence-corrected chi connectivity index (χ0v) is 10.2. The average Bonchev–Trinajstić information content (AvgIpc) is 2.40. The van der Waals surface area contributed by atoms with Crippen LogP contribution in [0.5, 0.6) is 0 Å². The van der Waals surface area contributed by atoms with Gasteiger partial charge in [0, 0.05) is 11.8 Å². The zero-order chi connectivity index (χ0) is 10.2. The Labute approximate surface area is 88.0 Å². The first-order valence-corrected chi connectivity index (χ1v) is 8.71. The van der Waals surface area contributed by atoms with Crippen molar-refractivity contribution >= 4 is 8.32 Å². The van der Waals surface area contributed by atoms with E-state index >= 15 is 0 Å². The first-order valence-electron chi connectivity index (χ1n) is 5.59. The Balaban J connectivity index is 2.18. The van der Waals surface area contributed by atoms with E-state index in [1.807, 2.05) is 0 Å². The van der Waals surface area contributed by atoms with Crippen LogP contribution in [0, 0.1) is 11.8 Å². The van der Waals surface area contributed by atoms with Crippen LogP contribution in [0.3, 0.4) is 0 Å². The molecule has 0 aromatic rings. The highest BCUT2D eigenvalue weighted by Crippen LogP contribution is 2.39. The Hall–Kier alpha value is -0.343. The number of allylic oxidation sites excluding steroid dienone is 1. The molecule has 2 aliphatic rings. The van der Waals surface area contributed by atoms with Gasteiger partial charge in [0.15, 0.2) is 8.32 Å². The van der Waals surface area contributed by atoms with E-state index in [1.165, 1.54) is 18.9 Å². The van der Waals surface area contributed by atoms with Crippen LogP contribution in [0.2, 0.25) is 19.1 Å². The van der Waals surface area contributed by atoms with Crippen molar-refractivity contribution in [3.05, 3.63) is 24.8 Å². The lowest BCUT2D eigenvalue weighted by Gasteiger charge is -2.29. The maximum absolute atomic E-state index is 6.33. The lowest BCUT2D eigenvalue weighted by Crippen LogP contribution is -2.37. The second-order valence-corrected chi connectivity index (χ2v) is 9.28. The van der Waals surface area contributed by atoms with Gasteiger partial charge in [-0.3, -0.25) is 0 Å². The molecule has 0 N–H and O–H groups in total. The summed E-state index contributed by atoms with van der Waals surface area (Å²) < 4.78 is 6.33. The minimum Gasteiger partial charge on any atom is -0.413 e. The van der Waals surface area contributed by atoms with Crippen molar-refractivity contribution in [2.75, 3.05) is 0 Å².